The number of rotatable bonds is 6. The van der Waals surface area contributed by atoms with Gasteiger partial charge < -0.3 is 38.6 Å². The third kappa shape index (κ3) is 12.4. The molecular weight excluding hydrogens is 536 g/mol. The Morgan fingerprint density at radius 3 is 1.02 bits per heavy atom. The van der Waals surface area contributed by atoms with Crippen molar-refractivity contribution >= 4 is 0 Å². The van der Waals surface area contributed by atoms with E-state index in [0.29, 0.717) is 34.5 Å². The Bertz CT molecular complexity index is 1310. The van der Waals surface area contributed by atoms with Gasteiger partial charge in [-0.15, -0.1) is 0 Å². The van der Waals surface area contributed by atoms with Crippen LogP contribution in [0.3, 0.4) is 0 Å². The van der Waals surface area contributed by atoms with Gasteiger partial charge in [0, 0.05) is 11.1 Å². The second-order valence-electron chi connectivity index (χ2n) is 7.96. The van der Waals surface area contributed by atoms with Crippen LogP contribution in [0, 0.1) is 47.4 Å². The molecule has 0 fully saturated rings. The van der Waals surface area contributed by atoms with Crippen LogP contribution in [0.15, 0.2) is 48.6 Å². The van der Waals surface area contributed by atoms with Crippen LogP contribution in [0.1, 0.15) is 25.0 Å². The van der Waals surface area contributed by atoms with Crippen molar-refractivity contribution in [1.29, 1.82) is 0 Å². The standard InChI is InChI=1S/2C17H18O4/c2*1-13(18)9-7-5-6-8-10-14-11-15(19-2)17(21-4)16(12-14)20-3/h2*5-6,11-13,18H,1-4H3/b2*6-5-/t2*13-/m10/s1. The quantitative estimate of drug-likeness (QED) is 0.502. The molecule has 0 aliphatic rings. The number of aliphatic hydroxyl groups is 2. The molecule has 0 saturated carbocycles. The van der Waals surface area contributed by atoms with Crippen molar-refractivity contribution in [2.24, 2.45) is 0 Å². The Morgan fingerprint density at radius 2 is 0.786 bits per heavy atom. The maximum absolute atomic E-state index is 8.97. The van der Waals surface area contributed by atoms with Crippen LogP contribution >= 0.6 is 0 Å². The first kappa shape index (κ1) is 34.9. The summed E-state index contributed by atoms with van der Waals surface area (Å²) in [6.07, 6.45) is 5.10. The third-order valence-electron chi connectivity index (χ3n) is 4.85. The SMILES string of the molecule is COc1cc(C#C/C=C\C#C[C@@H](C)O)cc(OC)c1OC.COc1cc(C#C/C=C\C#C[C@H](C)O)cc(OC)c1OC. The lowest BCUT2D eigenvalue weighted by Gasteiger charge is -2.12. The highest BCUT2D eigenvalue weighted by atomic mass is 16.5. The molecular formula is C34H36O8. The Hall–Kier alpha value is -5.12. The van der Waals surface area contributed by atoms with Crippen molar-refractivity contribution in [2.75, 3.05) is 42.7 Å². The zero-order valence-corrected chi connectivity index (χ0v) is 25.1. The molecule has 8 nitrogen and oxygen atoms in total. The molecule has 0 saturated heterocycles. The van der Waals surface area contributed by atoms with Crippen LogP contribution in [-0.4, -0.2) is 65.1 Å². The average molecular weight is 573 g/mol. The Balaban J connectivity index is 0.000000420. The van der Waals surface area contributed by atoms with Crippen molar-refractivity contribution in [3.8, 4) is 81.9 Å². The minimum Gasteiger partial charge on any atom is -0.493 e. The summed E-state index contributed by atoms with van der Waals surface area (Å²) in [5, 5.41) is 17.9. The highest BCUT2D eigenvalue weighted by Crippen LogP contribution is 2.38. The summed E-state index contributed by atoms with van der Waals surface area (Å²) in [5.74, 6) is 25.4. The normalized spacial score (nSPS) is 10.9. The average Bonchev–Trinajstić information content (AvgIpc) is 2.99. The van der Waals surface area contributed by atoms with E-state index in [1.54, 1.807) is 105 Å². The van der Waals surface area contributed by atoms with E-state index in [4.69, 9.17) is 38.6 Å². The highest BCUT2D eigenvalue weighted by Gasteiger charge is 2.13. The van der Waals surface area contributed by atoms with Gasteiger partial charge >= 0.3 is 0 Å². The fourth-order valence-corrected chi connectivity index (χ4v) is 3.06. The molecule has 0 radical (unpaired) electrons. The maximum Gasteiger partial charge on any atom is 0.203 e. The summed E-state index contributed by atoms with van der Waals surface area (Å²) < 4.78 is 31.5. The van der Waals surface area contributed by atoms with Gasteiger partial charge in [0.25, 0.3) is 0 Å². The summed E-state index contributed by atoms with van der Waals surface area (Å²) >= 11 is 0. The lowest BCUT2D eigenvalue weighted by Crippen LogP contribution is -1.95. The molecule has 2 N–H and O–H groups in total. The van der Waals surface area contributed by atoms with Crippen molar-refractivity contribution in [1.82, 2.24) is 0 Å². The van der Waals surface area contributed by atoms with E-state index in [1.165, 1.54) is 0 Å². The molecule has 0 aromatic heterocycles. The Kier molecular flexibility index (Phi) is 16.5. The highest BCUT2D eigenvalue weighted by molar-refractivity contribution is 5.58. The van der Waals surface area contributed by atoms with Gasteiger partial charge in [-0.1, -0.05) is 47.4 Å². The molecule has 2 atom stereocenters. The number of benzene rings is 2. The predicted octanol–water partition coefficient (Wildman–Crippen LogP) is 4.01. The van der Waals surface area contributed by atoms with Crippen LogP contribution in [0.2, 0.25) is 0 Å². The molecule has 2 rings (SSSR count). The third-order valence-corrected chi connectivity index (χ3v) is 4.85. The molecule has 0 spiro atoms. The van der Waals surface area contributed by atoms with E-state index in [2.05, 4.69) is 47.4 Å². The Morgan fingerprint density at radius 1 is 0.500 bits per heavy atom. The van der Waals surface area contributed by atoms with Crippen LogP contribution in [0.4, 0.5) is 0 Å². The van der Waals surface area contributed by atoms with Gasteiger partial charge in [-0.2, -0.15) is 0 Å². The monoisotopic (exact) mass is 572 g/mol. The molecule has 8 heteroatoms. The van der Waals surface area contributed by atoms with Gasteiger partial charge in [0.05, 0.1) is 42.7 Å². The fraction of sp³-hybridized carbons (Fsp3) is 0.294. The van der Waals surface area contributed by atoms with Gasteiger partial charge in [0.15, 0.2) is 23.0 Å². The number of ether oxygens (including phenoxy) is 6. The zero-order valence-electron chi connectivity index (χ0n) is 25.1. The minimum absolute atomic E-state index is 0.531. The molecule has 2 aromatic carbocycles. The summed E-state index contributed by atoms with van der Waals surface area (Å²) in [7, 11) is 9.32. The first-order chi connectivity index (χ1) is 20.2. The van der Waals surface area contributed by atoms with E-state index in [0.717, 1.165) is 11.1 Å². The number of aliphatic hydroxyl groups excluding tert-OH is 2. The lowest BCUT2D eigenvalue weighted by molar-refractivity contribution is 0.253. The van der Waals surface area contributed by atoms with Crippen LogP contribution in [0.25, 0.3) is 0 Å². The molecule has 0 unspecified atom stereocenters. The van der Waals surface area contributed by atoms with Crippen LogP contribution in [0.5, 0.6) is 34.5 Å². The number of methoxy groups -OCH3 is 6. The van der Waals surface area contributed by atoms with Crippen molar-refractivity contribution in [3.05, 3.63) is 59.7 Å². The molecule has 2 aromatic rings. The Labute approximate surface area is 248 Å². The fourth-order valence-electron chi connectivity index (χ4n) is 3.06. The summed E-state index contributed by atoms with van der Waals surface area (Å²) in [6, 6.07) is 7.07. The van der Waals surface area contributed by atoms with Gasteiger partial charge in [-0.25, -0.2) is 0 Å². The predicted molar refractivity (Wildman–Crippen MR) is 163 cm³/mol. The van der Waals surface area contributed by atoms with E-state index in [9.17, 15) is 0 Å². The van der Waals surface area contributed by atoms with Gasteiger partial charge in [0.1, 0.15) is 12.2 Å². The van der Waals surface area contributed by atoms with Crippen LogP contribution in [-0.2, 0) is 0 Å². The summed E-state index contributed by atoms with van der Waals surface area (Å²) in [5.41, 5.74) is 1.47. The van der Waals surface area contributed by atoms with Crippen molar-refractivity contribution in [3.63, 3.8) is 0 Å². The second-order valence-corrected chi connectivity index (χ2v) is 7.96. The first-order valence-corrected chi connectivity index (χ1v) is 12.6. The number of allylic oxidation sites excluding steroid dienone is 4. The summed E-state index contributed by atoms with van der Waals surface area (Å²) in [6.45, 7) is 3.20. The zero-order chi connectivity index (χ0) is 31.3. The second kappa shape index (κ2) is 19.9. The first-order valence-electron chi connectivity index (χ1n) is 12.6. The minimum atomic E-state index is -0.641. The van der Waals surface area contributed by atoms with Gasteiger partial charge in [-0.05, 0) is 62.4 Å². The number of hydrogen-bond acceptors (Lipinski definition) is 8. The smallest absolute Gasteiger partial charge is 0.203 e. The molecule has 0 heterocycles. The van der Waals surface area contributed by atoms with Crippen molar-refractivity contribution < 1.29 is 38.6 Å². The lowest BCUT2D eigenvalue weighted by atomic mass is 10.2. The topological polar surface area (TPSA) is 95.8 Å². The summed E-state index contributed by atoms with van der Waals surface area (Å²) in [4.78, 5) is 0. The van der Waals surface area contributed by atoms with Gasteiger partial charge in [-0.3, -0.25) is 0 Å². The van der Waals surface area contributed by atoms with Crippen molar-refractivity contribution in [2.45, 2.75) is 26.1 Å². The van der Waals surface area contributed by atoms with Crippen LogP contribution < -0.4 is 28.4 Å². The molecule has 220 valence electrons. The largest absolute Gasteiger partial charge is 0.493 e. The van der Waals surface area contributed by atoms with E-state index < -0.39 is 12.2 Å². The van der Waals surface area contributed by atoms with Gasteiger partial charge in [0.2, 0.25) is 11.5 Å². The van der Waals surface area contributed by atoms with E-state index in [-0.39, 0.29) is 0 Å². The maximum atomic E-state index is 8.97. The molecule has 0 aliphatic carbocycles. The van der Waals surface area contributed by atoms with E-state index in [1.807, 2.05) is 0 Å². The molecule has 42 heavy (non-hydrogen) atoms. The number of hydrogen-bond donors (Lipinski definition) is 2. The molecule has 0 amide bonds. The molecule has 0 aliphatic heterocycles. The van der Waals surface area contributed by atoms with E-state index >= 15 is 0 Å². The molecule has 0 bridgehead atoms.